The van der Waals surface area contributed by atoms with Crippen molar-refractivity contribution in [1.29, 1.82) is 0 Å². The van der Waals surface area contributed by atoms with E-state index in [2.05, 4.69) is 42.9 Å². The van der Waals surface area contributed by atoms with Gasteiger partial charge in [-0.25, -0.2) is 4.98 Å². The van der Waals surface area contributed by atoms with Gasteiger partial charge in [0.2, 0.25) is 0 Å². The van der Waals surface area contributed by atoms with Crippen LogP contribution >= 0.6 is 0 Å². The zero-order valence-corrected chi connectivity index (χ0v) is 37.2. The summed E-state index contributed by atoms with van der Waals surface area (Å²) < 4.78 is 39.9. The van der Waals surface area contributed by atoms with Crippen LogP contribution in [0.15, 0.2) is 24.3 Å². The number of hydrogen-bond donors (Lipinski definition) is 2. The van der Waals surface area contributed by atoms with Gasteiger partial charge in [0.15, 0.2) is 24.6 Å². The largest absolute Gasteiger partial charge is 0.469 e. The number of esters is 5. The fraction of sp³-hybridized carbons (Fsp3) is 0.500. The van der Waals surface area contributed by atoms with Crippen LogP contribution in [0.3, 0.4) is 0 Å². The van der Waals surface area contributed by atoms with E-state index in [1.54, 1.807) is 0 Å². The van der Waals surface area contributed by atoms with Gasteiger partial charge in [0, 0.05) is 85.0 Å². The number of fused-ring (bicyclic) bond motifs is 8. The quantitative estimate of drug-likeness (QED) is 0.139. The monoisotopic (exact) mass is 856 g/mol. The molecule has 3 aromatic rings. The number of nitrogens with zero attached hydrogens (tertiary/aromatic N) is 2. The molecule has 16 heteroatoms. The molecule has 0 aromatic carbocycles. The minimum Gasteiger partial charge on any atom is -0.469 e. The summed E-state index contributed by atoms with van der Waals surface area (Å²) in [5.74, 6) is -3.28. The summed E-state index contributed by atoms with van der Waals surface area (Å²) in [4.78, 5) is 79.2. The fourth-order valence-corrected chi connectivity index (χ4v) is 8.49. The molecule has 0 unspecified atom stereocenters. The van der Waals surface area contributed by atoms with Gasteiger partial charge in [0.1, 0.15) is 12.7 Å². The van der Waals surface area contributed by atoms with Crippen LogP contribution in [0.4, 0.5) is 0 Å². The van der Waals surface area contributed by atoms with E-state index in [0.29, 0.717) is 17.5 Å². The molecule has 2 N–H and O–H groups in total. The molecule has 16 nitrogen and oxygen atoms in total. The Balaban J connectivity index is 1.54. The fourth-order valence-electron chi connectivity index (χ4n) is 8.49. The van der Waals surface area contributed by atoms with Gasteiger partial charge in [0.05, 0.1) is 25.1 Å². The standard InChI is InChI=1S/C46H56N4O12/c1-12-30-22(3)36-18-39-32(19-58-46-45(61-29(10)54)44(60-28(9)53)43(59-27(8)52)40(62-46)20-57-26(7)51)24(5)35(49-39)17-37-23(4)31(13-14-41(55)56-11)42(50-37)25(6)34-15-21(2)33(47-34)16-38(30)48-36/h15-18,23,31,40,43-47,49H,12-14,19-20H2,1-11H3/t23-,31-,40+,43+,44-,45+,46+/m0/s1. The molecule has 1 saturated heterocycles. The van der Waals surface area contributed by atoms with E-state index >= 15 is 0 Å². The highest BCUT2D eigenvalue weighted by atomic mass is 16.7. The molecule has 8 bridgehead atoms. The summed E-state index contributed by atoms with van der Waals surface area (Å²) >= 11 is 0. The predicted octanol–water partition coefficient (Wildman–Crippen LogP) is 7.02. The summed E-state index contributed by atoms with van der Waals surface area (Å²) in [5.41, 5.74) is 12.2. The highest BCUT2D eigenvalue weighted by molar-refractivity contribution is 5.93. The number of nitrogens with one attached hydrogen (secondary N) is 2. The van der Waals surface area contributed by atoms with Crippen LogP contribution in [0.2, 0.25) is 0 Å². The van der Waals surface area contributed by atoms with Crippen LogP contribution in [0.1, 0.15) is 125 Å². The summed E-state index contributed by atoms with van der Waals surface area (Å²) in [7, 11) is 1.39. The number of rotatable bonds is 12. The Morgan fingerprint density at radius 1 is 0.742 bits per heavy atom. The third-order valence-corrected chi connectivity index (χ3v) is 11.8. The van der Waals surface area contributed by atoms with Crippen LogP contribution in [0.25, 0.3) is 33.2 Å². The maximum absolute atomic E-state index is 12.5. The van der Waals surface area contributed by atoms with Gasteiger partial charge in [-0.2, -0.15) is 0 Å². The first kappa shape index (κ1) is 45.7. The zero-order valence-electron chi connectivity index (χ0n) is 37.2. The lowest BCUT2D eigenvalue weighted by Crippen LogP contribution is -2.62. The molecule has 3 aliphatic rings. The minimum atomic E-state index is -1.40. The number of ether oxygens (including phenoxy) is 7. The molecule has 1 fully saturated rings. The van der Waals surface area contributed by atoms with E-state index < -0.39 is 54.6 Å². The van der Waals surface area contributed by atoms with Gasteiger partial charge >= 0.3 is 29.8 Å². The topological polar surface area (TPSA) is 207 Å². The Hall–Kier alpha value is -5.87. The Morgan fingerprint density at radius 3 is 2.02 bits per heavy atom. The lowest BCUT2D eigenvalue weighted by atomic mass is 9.86. The van der Waals surface area contributed by atoms with Gasteiger partial charge in [-0.1, -0.05) is 13.8 Å². The lowest BCUT2D eigenvalue weighted by molar-refractivity contribution is -0.310. The summed E-state index contributed by atoms with van der Waals surface area (Å²) in [6.45, 7) is 16.5. The number of aryl methyl sites for hydroxylation is 3. The molecule has 0 amide bonds. The first-order valence-corrected chi connectivity index (χ1v) is 20.8. The van der Waals surface area contributed by atoms with Crippen LogP contribution in [0.5, 0.6) is 0 Å². The Labute approximate surface area is 360 Å². The summed E-state index contributed by atoms with van der Waals surface area (Å²) in [5, 5.41) is 0. The van der Waals surface area contributed by atoms with Gasteiger partial charge in [0.25, 0.3) is 0 Å². The molecule has 0 radical (unpaired) electrons. The average Bonchev–Trinajstić information content (AvgIpc) is 3.91. The Bertz CT molecular complexity index is 2470. The number of aromatic amines is 2. The number of hydrogen-bond acceptors (Lipinski definition) is 14. The van der Waals surface area contributed by atoms with Crippen molar-refractivity contribution < 1.29 is 57.1 Å². The van der Waals surface area contributed by atoms with E-state index in [1.807, 2.05) is 32.9 Å². The van der Waals surface area contributed by atoms with Crippen molar-refractivity contribution >= 4 is 63.1 Å². The molecular weight excluding hydrogens is 801 g/mol. The van der Waals surface area contributed by atoms with Crippen LogP contribution in [-0.2, 0) is 63.7 Å². The highest BCUT2D eigenvalue weighted by Gasteiger charge is 2.53. The smallest absolute Gasteiger partial charge is 0.305 e. The van der Waals surface area contributed by atoms with E-state index in [4.69, 9.17) is 43.1 Å². The number of carbonyl (C=O) groups excluding carboxylic acids is 5. The van der Waals surface area contributed by atoms with Crippen molar-refractivity contribution in [2.45, 2.75) is 138 Å². The minimum absolute atomic E-state index is 0.0666. The normalized spacial score (nSPS) is 22.2. The van der Waals surface area contributed by atoms with Gasteiger partial charge in [-0.15, -0.1) is 0 Å². The summed E-state index contributed by atoms with van der Waals surface area (Å²) in [6.07, 6.45) is -5.16. The molecule has 3 aliphatic heterocycles. The first-order chi connectivity index (χ1) is 29.4. The SMILES string of the molecule is CCC1=C(C)c2cc3[nH]c(cc4nc(c(C)c5cc(C)c(cc1n2)[nH]5)[C@@H](CCC(=O)OC)[C@@H]4C)c(C)c3CO[C@@H]1O[C@H](COC(C)=O)[C@@H](OC(C)=O)[C@H](OC(C)=O)[C@H]1OC(C)=O. The molecule has 6 rings (SSSR count). The Kier molecular flexibility index (Phi) is 14.0. The number of aromatic nitrogens is 4. The van der Waals surface area contributed by atoms with Crippen molar-refractivity contribution in [3.63, 3.8) is 0 Å². The molecule has 0 aliphatic carbocycles. The maximum Gasteiger partial charge on any atom is 0.305 e. The van der Waals surface area contributed by atoms with Gasteiger partial charge in [-0.3, -0.25) is 29.0 Å². The molecule has 7 atom stereocenters. The number of methoxy groups -OCH3 is 1. The average molecular weight is 857 g/mol. The van der Waals surface area contributed by atoms with E-state index in [9.17, 15) is 24.0 Å². The van der Waals surface area contributed by atoms with E-state index in [0.717, 1.165) is 87.4 Å². The molecule has 332 valence electrons. The third-order valence-electron chi connectivity index (χ3n) is 11.8. The van der Waals surface area contributed by atoms with Gasteiger partial charge in [-0.05, 0) is 92.6 Å². The lowest BCUT2D eigenvalue weighted by Gasteiger charge is -2.44. The second kappa shape index (κ2) is 19.0. The second-order valence-electron chi connectivity index (χ2n) is 16.0. The molecule has 3 aromatic heterocycles. The van der Waals surface area contributed by atoms with Crippen molar-refractivity contribution in [1.82, 2.24) is 19.9 Å². The molecule has 0 saturated carbocycles. The molecule has 6 heterocycles. The predicted molar refractivity (Wildman–Crippen MR) is 227 cm³/mol. The Morgan fingerprint density at radius 2 is 1.37 bits per heavy atom. The van der Waals surface area contributed by atoms with Crippen molar-refractivity contribution in [3.05, 3.63) is 69.3 Å². The highest BCUT2D eigenvalue weighted by Crippen LogP contribution is 2.42. The molecule has 0 spiro atoms. The van der Waals surface area contributed by atoms with E-state index in [-0.39, 0.29) is 37.4 Å². The van der Waals surface area contributed by atoms with Crippen molar-refractivity contribution in [2.24, 2.45) is 0 Å². The first-order valence-electron chi connectivity index (χ1n) is 20.8. The van der Waals surface area contributed by atoms with Crippen LogP contribution in [0, 0.1) is 20.8 Å². The van der Waals surface area contributed by atoms with E-state index in [1.165, 1.54) is 21.0 Å². The number of allylic oxidation sites excluding steroid dienone is 2. The maximum atomic E-state index is 12.5. The zero-order chi connectivity index (χ0) is 45.2. The second-order valence-corrected chi connectivity index (χ2v) is 16.0. The van der Waals surface area contributed by atoms with Crippen molar-refractivity contribution in [2.75, 3.05) is 13.7 Å². The van der Waals surface area contributed by atoms with Gasteiger partial charge < -0.3 is 43.1 Å². The molecular formula is C46H56N4O12. The third kappa shape index (κ3) is 9.76. The number of carbonyl (C=O) groups is 5. The van der Waals surface area contributed by atoms with Crippen LogP contribution < -0.4 is 0 Å². The van der Waals surface area contributed by atoms with Crippen LogP contribution in [-0.4, -0.2) is 94.2 Å². The molecule has 62 heavy (non-hydrogen) atoms. The number of H-pyrrole nitrogens is 2. The summed E-state index contributed by atoms with van der Waals surface area (Å²) in [6, 6.07) is 8.17. The van der Waals surface area contributed by atoms with Crippen molar-refractivity contribution in [3.8, 4) is 0 Å².